The average molecular weight is 387 g/mol. The van der Waals surface area contributed by atoms with Crippen molar-refractivity contribution in [2.45, 2.75) is 20.4 Å². The minimum Gasteiger partial charge on any atom is -0.461 e. The van der Waals surface area contributed by atoms with E-state index < -0.39 is 11.9 Å². The molecule has 0 aliphatic carbocycles. The van der Waals surface area contributed by atoms with Gasteiger partial charge in [0.2, 0.25) is 5.01 Å². The van der Waals surface area contributed by atoms with Gasteiger partial charge in [-0.2, -0.15) is 0 Å². The lowest BCUT2D eigenvalue weighted by Crippen LogP contribution is -2.13. The SMILES string of the molecule is CCOC(=O)c1nc(-c2cc(C(N)=O)c(C)n2Cc2ccccc2F)cs1. The lowest BCUT2D eigenvalue weighted by atomic mass is 10.2. The normalized spacial score (nSPS) is 10.8. The van der Waals surface area contributed by atoms with E-state index in [4.69, 9.17) is 10.5 Å². The fraction of sp³-hybridized carbons (Fsp3) is 0.211. The van der Waals surface area contributed by atoms with Crippen molar-refractivity contribution in [3.05, 3.63) is 63.4 Å². The Balaban J connectivity index is 2.07. The highest BCUT2D eigenvalue weighted by Crippen LogP contribution is 2.28. The van der Waals surface area contributed by atoms with E-state index in [1.165, 1.54) is 6.07 Å². The first-order valence-electron chi connectivity index (χ1n) is 8.28. The van der Waals surface area contributed by atoms with Crippen LogP contribution in [-0.4, -0.2) is 28.0 Å². The van der Waals surface area contributed by atoms with Crippen molar-refractivity contribution in [1.29, 1.82) is 0 Å². The molecule has 0 saturated heterocycles. The summed E-state index contributed by atoms with van der Waals surface area (Å²) in [7, 11) is 0. The number of thiazole rings is 1. The number of amides is 1. The van der Waals surface area contributed by atoms with Gasteiger partial charge in [-0.1, -0.05) is 18.2 Å². The zero-order chi connectivity index (χ0) is 19.6. The van der Waals surface area contributed by atoms with Gasteiger partial charge in [-0.15, -0.1) is 11.3 Å². The predicted octanol–water partition coefficient (Wildman–Crippen LogP) is 3.38. The summed E-state index contributed by atoms with van der Waals surface area (Å²) in [5.41, 5.74) is 7.94. The van der Waals surface area contributed by atoms with Crippen LogP contribution in [0.5, 0.6) is 0 Å². The molecule has 0 bridgehead atoms. The number of carbonyl (C=O) groups is 2. The molecule has 1 aromatic carbocycles. The Kier molecular flexibility index (Phi) is 5.36. The fourth-order valence-corrected chi connectivity index (χ4v) is 3.49. The van der Waals surface area contributed by atoms with Crippen LogP contribution in [-0.2, 0) is 11.3 Å². The number of nitrogens with two attached hydrogens (primary N) is 1. The number of esters is 1. The lowest BCUT2D eigenvalue weighted by Gasteiger charge is -2.11. The van der Waals surface area contributed by atoms with E-state index in [1.54, 1.807) is 48.1 Å². The number of aromatic nitrogens is 2. The summed E-state index contributed by atoms with van der Waals surface area (Å²) in [4.78, 5) is 28.0. The second-order valence-electron chi connectivity index (χ2n) is 5.83. The third-order valence-electron chi connectivity index (χ3n) is 4.13. The molecule has 0 atom stereocenters. The van der Waals surface area contributed by atoms with Crippen molar-refractivity contribution in [2.75, 3.05) is 6.61 Å². The quantitative estimate of drug-likeness (QED) is 0.657. The van der Waals surface area contributed by atoms with Gasteiger partial charge in [-0.25, -0.2) is 14.2 Å². The predicted molar refractivity (Wildman–Crippen MR) is 100 cm³/mol. The van der Waals surface area contributed by atoms with Crippen LogP contribution in [0.15, 0.2) is 35.7 Å². The molecule has 0 aliphatic heterocycles. The third-order valence-corrected chi connectivity index (χ3v) is 4.96. The third kappa shape index (κ3) is 3.75. The molecule has 1 amide bonds. The molecule has 0 unspecified atom stereocenters. The zero-order valence-corrected chi connectivity index (χ0v) is 15.7. The van der Waals surface area contributed by atoms with Crippen molar-refractivity contribution in [3.8, 4) is 11.4 Å². The van der Waals surface area contributed by atoms with E-state index in [2.05, 4.69) is 4.98 Å². The molecule has 27 heavy (non-hydrogen) atoms. The van der Waals surface area contributed by atoms with Gasteiger partial charge in [0.1, 0.15) is 5.82 Å². The molecule has 3 rings (SSSR count). The van der Waals surface area contributed by atoms with Crippen LogP contribution >= 0.6 is 11.3 Å². The van der Waals surface area contributed by atoms with Crippen molar-refractivity contribution in [3.63, 3.8) is 0 Å². The maximum atomic E-state index is 14.1. The highest BCUT2D eigenvalue weighted by atomic mass is 32.1. The number of benzene rings is 1. The maximum Gasteiger partial charge on any atom is 0.367 e. The van der Waals surface area contributed by atoms with E-state index in [1.807, 2.05) is 0 Å². The van der Waals surface area contributed by atoms with Crippen LogP contribution in [0, 0.1) is 12.7 Å². The summed E-state index contributed by atoms with van der Waals surface area (Å²) in [5.74, 6) is -1.43. The number of hydrogen-bond acceptors (Lipinski definition) is 5. The van der Waals surface area contributed by atoms with Gasteiger partial charge < -0.3 is 15.0 Å². The van der Waals surface area contributed by atoms with E-state index in [-0.39, 0.29) is 24.0 Å². The number of primary amides is 1. The molecule has 3 aromatic rings. The van der Waals surface area contributed by atoms with Gasteiger partial charge >= 0.3 is 5.97 Å². The number of ether oxygens (including phenoxy) is 1. The molecule has 0 aliphatic rings. The summed E-state index contributed by atoms with van der Waals surface area (Å²) < 4.78 is 20.9. The van der Waals surface area contributed by atoms with E-state index in [0.717, 1.165) is 11.3 Å². The minimum absolute atomic E-state index is 0.202. The summed E-state index contributed by atoms with van der Waals surface area (Å²) in [6, 6.07) is 8.03. The standard InChI is InChI=1S/C19H18FN3O3S/c1-3-26-19(25)18-22-15(10-27-18)16-8-13(17(21)24)11(2)23(16)9-12-6-4-5-7-14(12)20/h4-8,10H,3,9H2,1-2H3,(H2,21,24). The Hall–Kier alpha value is -3.00. The topological polar surface area (TPSA) is 87.2 Å². The fourth-order valence-electron chi connectivity index (χ4n) is 2.79. The van der Waals surface area contributed by atoms with Crippen molar-refractivity contribution in [2.24, 2.45) is 5.73 Å². The highest BCUT2D eigenvalue weighted by Gasteiger charge is 2.21. The van der Waals surface area contributed by atoms with Crippen LogP contribution in [0.2, 0.25) is 0 Å². The lowest BCUT2D eigenvalue weighted by molar-refractivity contribution is 0.0526. The summed E-state index contributed by atoms with van der Waals surface area (Å²) in [5, 5.41) is 1.91. The van der Waals surface area contributed by atoms with E-state index in [0.29, 0.717) is 28.2 Å². The van der Waals surface area contributed by atoms with Gasteiger partial charge in [0, 0.05) is 16.6 Å². The molecular formula is C19H18FN3O3S. The number of nitrogens with zero attached hydrogens (tertiary/aromatic N) is 2. The second-order valence-corrected chi connectivity index (χ2v) is 6.69. The molecular weight excluding hydrogens is 369 g/mol. The molecule has 6 nitrogen and oxygen atoms in total. The van der Waals surface area contributed by atoms with Crippen LogP contribution in [0.25, 0.3) is 11.4 Å². The van der Waals surface area contributed by atoms with Gasteiger partial charge in [-0.3, -0.25) is 4.79 Å². The summed E-state index contributed by atoms with van der Waals surface area (Å²) in [6.45, 7) is 3.91. The summed E-state index contributed by atoms with van der Waals surface area (Å²) in [6.07, 6.45) is 0. The largest absolute Gasteiger partial charge is 0.461 e. The molecule has 0 fully saturated rings. The molecule has 2 N–H and O–H groups in total. The second kappa shape index (κ2) is 7.71. The van der Waals surface area contributed by atoms with Gasteiger partial charge in [0.25, 0.3) is 5.91 Å². The Bertz CT molecular complexity index is 1010. The molecule has 2 aromatic heterocycles. The number of hydrogen-bond donors (Lipinski definition) is 1. The van der Waals surface area contributed by atoms with Crippen LogP contribution < -0.4 is 5.73 Å². The van der Waals surface area contributed by atoms with Gasteiger partial charge in [0.05, 0.1) is 30.1 Å². The average Bonchev–Trinajstić information content (AvgIpc) is 3.23. The molecule has 2 heterocycles. The molecule has 0 spiro atoms. The molecule has 8 heteroatoms. The Morgan fingerprint density at radius 3 is 2.74 bits per heavy atom. The van der Waals surface area contributed by atoms with Crippen LogP contribution in [0.1, 0.15) is 38.3 Å². The first kappa shape index (κ1) is 18.8. The Morgan fingerprint density at radius 2 is 2.07 bits per heavy atom. The number of rotatable bonds is 6. The monoisotopic (exact) mass is 387 g/mol. The number of halogens is 1. The van der Waals surface area contributed by atoms with Crippen LogP contribution in [0.3, 0.4) is 0 Å². The maximum absolute atomic E-state index is 14.1. The minimum atomic E-state index is -0.582. The van der Waals surface area contributed by atoms with Crippen molar-refractivity contribution in [1.82, 2.24) is 9.55 Å². The van der Waals surface area contributed by atoms with Gasteiger partial charge in [0.15, 0.2) is 0 Å². The smallest absolute Gasteiger partial charge is 0.367 e. The molecule has 140 valence electrons. The summed E-state index contributed by atoms with van der Waals surface area (Å²) >= 11 is 1.14. The Labute approximate surface area is 159 Å². The van der Waals surface area contributed by atoms with Crippen molar-refractivity contribution < 1.29 is 18.7 Å². The van der Waals surface area contributed by atoms with Gasteiger partial charge in [-0.05, 0) is 26.0 Å². The van der Waals surface area contributed by atoms with E-state index in [9.17, 15) is 14.0 Å². The first-order valence-corrected chi connectivity index (χ1v) is 9.16. The molecule has 0 radical (unpaired) electrons. The van der Waals surface area contributed by atoms with Crippen molar-refractivity contribution >= 4 is 23.2 Å². The zero-order valence-electron chi connectivity index (χ0n) is 14.9. The molecule has 0 saturated carbocycles. The van der Waals surface area contributed by atoms with E-state index >= 15 is 0 Å². The number of carbonyl (C=O) groups excluding carboxylic acids is 2. The van der Waals surface area contributed by atoms with Crippen LogP contribution in [0.4, 0.5) is 4.39 Å². The first-order chi connectivity index (χ1) is 12.9. The highest BCUT2D eigenvalue weighted by molar-refractivity contribution is 7.11. The Morgan fingerprint density at radius 1 is 1.33 bits per heavy atom.